The maximum Gasteiger partial charge on any atom is 0.303 e. The molecule has 0 saturated carbocycles. The minimum Gasteiger partial charge on any atom is -0.497 e. The Balaban J connectivity index is 1.79. The summed E-state index contributed by atoms with van der Waals surface area (Å²) in [4.78, 5) is 15.8. The van der Waals surface area contributed by atoms with Gasteiger partial charge >= 0.3 is 5.97 Å². The molecule has 0 unspecified atom stereocenters. The Morgan fingerprint density at radius 2 is 2.14 bits per heavy atom. The van der Waals surface area contributed by atoms with Crippen molar-refractivity contribution < 1.29 is 19.4 Å². The van der Waals surface area contributed by atoms with E-state index in [0.717, 1.165) is 21.4 Å². The first-order valence-corrected chi connectivity index (χ1v) is 7.41. The van der Waals surface area contributed by atoms with E-state index in [1.54, 1.807) is 13.3 Å². The number of hydrogen-bond acceptors (Lipinski definition) is 5. The number of aromatic nitrogens is 1. The standard InChI is InChI=1S/C15H17NO4S/c1-19-11-3-2-4-12(9-11)20-8-7-14-16-10-13(21-14)5-6-15(17)18/h2-4,9-10H,5-8H2,1H3,(H,17,18). The summed E-state index contributed by atoms with van der Waals surface area (Å²) in [6.07, 6.45) is 3.12. The quantitative estimate of drug-likeness (QED) is 0.812. The highest BCUT2D eigenvalue weighted by Gasteiger charge is 2.05. The molecular formula is C15H17NO4S. The Labute approximate surface area is 127 Å². The zero-order chi connectivity index (χ0) is 15.1. The molecule has 0 aliphatic rings. The van der Waals surface area contributed by atoms with Crippen LogP contribution in [0.15, 0.2) is 30.5 Å². The van der Waals surface area contributed by atoms with Gasteiger partial charge in [-0.2, -0.15) is 0 Å². The Bertz CT molecular complexity index is 597. The minimum atomic E-state index is -0.786. The molecule has 1 N–H and O–H groups in total. The molecule has 0 fully saturated rings. The summed E-state index contributed by atoms with van der Waals surface area (Å²) >= 11 is 1.54. The number of benzene rings is 1. The van der Waals surface area contributed by atoms with Crippen molar-refractivity contribution in [1.82, 2.24) is 4.98 Å². The smallest absolute Gasteiger partial charge is 0.303 e. The molecule has 0 saturated heterocycles. The van der Waals surface area contributed by atoms with Gasteiger partial charge in [0, 0.05) is 23.6 Å². The van der Waals surface area contributed by atoms with Crippen LogP contribution in [0.2, 0.25) is 0 Å². The van der Waals surface area contributed by atoms with E-state index < -0.39 is 5.97 Å². The maximum atomic E-state index is 10.5. The van der Waals surface area contributed by atoms with Crippen LogP contribution < -0.4 is 9.47 Å². The predicted molar refractivity (Wildman–Crippen MR) is 80.3 cm³/mol. The molecule has 0 spiro atoms. The van der Waals surface area contributed by atoms with Crippen LogP contribution in [0.25, 0.3) is 0 Å². The van der Waals surface area contributed by atoms with Crippen LogP contribution >= 0.6 is 11.3 Å². The molecule has 0 atom stereocenters. The Kier molecular flexibility index (Phi) is 5.57. The maximum absolute atomic E-state index is 10.5. The molecular weight excluding hydrogens is 290 g/mol. The van der Waals surface area contributed by atoms with E-state index >= 15 is 0 Å². The van der Waals surface area contributed by atoms with Crippen molar-refractivity contribution in [1.29, 1.82) is 0 Å². The number of carboxylic acid groups (broad SMARTS) is 1. The highest BCUT2D eigenvalue weighted by Crippen LogP contribution is 2.20. The number of aliphatic carboxylic acids is 1. The summed E-state index contributed by atoms with van der Waals surface area (Å²) in [6, 6.07) is 7.45. The molecule has 2 rings (SSSR count). The first-order valence-electron chi connectivity index (χ1n) is 6.59. The number of carbonyl (C=O) groups is 1. The SMILES string of the molecule is COc1cccc(OCCc2ncc(CCC(=O)O)s2)c1. The number of aryl methyl sites for hydroxylation is 1. The fourth-order valence-corrected chi connectivity index (χ4v) is 2.66. The van der Waals surface area contributed by atoms with Gasteiger partial charge in [0.15, 0.2) is 0 Å². The highest BCUT2D eigenvalue weighted by molar-refractivity contribution is 7.11. The molecule has 0 aliphatic carbocycles. The van der Waals surface area contributed by atoms with E-state index in [2.05, 4.69) is 4.98 Å². The number of methoxy groups -OCH3 is 1. The Morgan fingerprint density at radius 3 is 2.90 bits per heavy atom. The fourth-order valence-electron chi connectivity index (χ4n) is 1.76. The zero-order valence-electron chi connectivity index (χ0n) is 11.7. The van der Waals surface area contributed by atoms with Crippen molar-refractivity contribution in [2.45, 2.75) is 19.3 Å². The molecule has 1 aromatic heterocycles. The van der Waals surface area contributed by atoms with Crippen molar-refractivity contribution >= 4 is 17.3 Å². The van der Waals surface area contributed by atoms with Gasteiger partial charge in [-0.1, -0.05) is 6.07 Å². The van der Waals surface area contributed by atoms with Crippen LogP contribution in [0, 0.1) is 0 Å². The molecule has 0 aliphatic heterocycles. The van der Waals surface area contributed by atoms with Gasteiger partial charge in [-0.25, -0.2) is 4.98 Å². The second kappa shape index (κ2) is 7.64. The van der Waals surface area contributed by atoms with Crippen LogP contribution in [0.3, 0.4) is 0 Å². The zero-order valence-corrected chi connectivity index (χ0v) is 12.6. The van der Waals surface area contributed by atoms with Crippen molar-refractivity contribution in [2.75, 3.05) is 13.7 Å². The third kappa shape index (κ3) is 5.07. The van der Waals surface area contributed by atoms with E-state index in [1.165, 1.54) is 11.3 Å². The number of ether oxygens (including phenoxy) is 2. The number of nitrogens with zero attached hydrogens (tertiary/aromatic N) is 1. The fraction of sp³-hybridized carbons (Fsp3) is 0.333. The van der Waals surface area contributed by atoms with Gasteiger partial charge in [-0.15, -0.1) is 11.3 Å². The molecule has 1 heterocycles. The van der Waals surface area contributed by atoms with Gasteiger partial charge in [0.1, 0.15) is 11.5 Å². The predicted octanol–water partition coefficient (Wildman–Crippen LogP) is 2.79. The normalized spacial score (nSPS) is 10.3. The lowest BCUT2D eigenvalue weighted by Gasteiger charge is -2.06. The third-order valence-corrected chi connectivity index (χ3v) is 3.93. The Hall–Kier alpha value is -2.08. The number of carboxylic acids is 1. The summed E-state index contributed by atoms with van der Waals surface area (Å²) in [7, 11) is 1.62. The monoisotopic (exact) mass is 307 g/mol. The van der Waals surface area contributed by atoms with Crippen LogP contribution in [-0.4, -0.2) is 29.8 Å². The second-order valence-electron chi connectivity index (χ2n) is 4.39. The first-order chi connectivity index (χ1) is 10.2. The van der Waals surface area contributed by atoms with Gasteiger partial charge in [0.25, 0.3) is 0 Å². The lowest BCUT2D eigenvalue weighted by Crippen LogP contribution is -2.01. The summed E-state index contributed by atoms with van der Waals surface area (Å²) in [5, 5.41) is 9.60. The minimum absolute atomic E-state index is 0.141. The van der Waals surface area contributed by atoms with E-state index in [4.69, 9.17) is 14.6 Å². The summed E-state index contributed by atoms with van der Waals surface area (Å²) < 4.78 is 10.8. The molecule has 0 amide bonds. The molecule has 2 aromatic rings. The summed E-state index contributed by atoms with van der Waals surface area (Å²) in [5.41, 5.74) is 0. The molecule has 112 valence electrons. The average molecular weight is 307 g/mol. The highest BCUT2D eigenvalue weighted by atomic mass is 32.1. The van der Waals surface area contributed by atoms with Gasteiger partial charge < -0.3 is 14.6 Å². The van der Waals surface area contributed by atoms with Crippen molar-refractivity contribution in [3.05, 3.63) is 40.3 Å². The molecule has 21 heavy (non-hydrogen) atoms. The molecule has 1 aromatic carbocycles. The molecule has 0 bridgehead atoms. The van der Waals surface area contributed by atoms with Crippen molar-refractivity contribution in [3.63, 3.8) is 0 Å². The third-order valence-electron chi connectivity index (χ3n) is 2.81. The van der Waals surface area contributed by atoms with E-state index in [0.29, 0.717) is 19.4 Å². The molecule has 0 radical (unpaired) electrons. The van der Waals surface area contributed by atoms with Crippen molar-refractivity contribution in [2.24, 2.45) is 0 Å². The largest absolute Gasteiger partial charge is 0.497 e. The second-order valence-corrected chi connectivity index (χ2v) is 5.59. The van der Waals surface area contributed by atoms with Crippen LogP contribution in [0.5, 0.6) is 11.5 Å². The van der Waals surface area contributed by atoms with Gasteiger partial charge in [0.2, 0.25) is 0 Å². The van der Waals surface area contributed by atoms with Gasteiger partial charge in [-0.3, -0.25) is 4.79 Å². The summed E-state index contributed by atoms with van der Waals surface area (Å²) in [6.45, 7) is 0.527. The van der Waals surface area contributed by atoms with E-state index in [-0.39, 0.29) is 6.42 Å². The topological polar surface area (TPSA) is 68.7 Å². The Morgan fingerprint density at radius 1 is 1.33 bits per heavy atom. The number of thiazole rings is 1. The summed E-state index contributed by atoms with van der Waals surface area (Å²) in [5.74, 6) is 0.737. The lowest BCUT2D eigenvalue weighted by atomic mass is 10.3. The van der Waals surface area contributed by atoms with Gasteiger partial charge in [-0.05, 0) is 18.6 Å². The number of hydrogen-bond donors (Lipinski definition) is 1. The van der Waals surface area contributed by atoms with E-state index in [9.17, 15) is 4.79 Å². The molecule has 6 heteroatoms. The van der Waals surface area contributed by atoms with Crippen LogP contribution in [-0.2, 0) is 17.6 Å². The van der Waals surface area contributed by atoms with Crippen molar-refractivity contribution in [3.8, 4) is 11.5 Å². The lowest BCUT2D eigenvalue weighted by molar-refractivity contribution is -0.136. The van der Waals surface area contributed by atoms with Crippen LogP contribution in [0.1, 0.15) is 16.3 Å². The van der Waals surface area contributed by atoms with E-state index in [1.807, 2.05) is 24.3 Å². The molecule has 5 nitrogen and oxygen atoms in total. The van der Waals surface area contributed by atoms with Gasteiger partial charge in [0.05, 0.1) is 25.1 Å². The average Bonchev–Trinajstić information content (AvgIpc) is 2.93. The number of rotatable bonds is 8. The van der Waals surface area contributed by atoms with Crippen LogP contribution in [0.4, 0.5) is 0 Å². The first kappa shape index (κ1) is 15.3.